The van der Waals surface area contributed by atoms with Crippen molar-refractivity contribution in [3.8, 4) is 22.8 Å². The van der Waals surface area contributed by atoms with Crippen molar-refractivity contribution in [3.05, 3.63) is 76.6 Å². The highest BCUT2D eigenvalue weighted by Crippen LogP contribution is 2.38. The molecule has 0 aliphatic rings. The van der Waals surface area contributed by atoms with Crippen molar-refractivity contribution in [2.45, 2.75) is 6.54 Å². The number of aromatic nitrogens is 2. The maximum atomic E-state index is 13.1. The van der Waals surface area contributed by atoms with E-state index in [1.54, 1.807) is 25.6 Å². The second-order valence-electron chi connectivity index (χ2n) is 7.28. The summed E-state index contributed by atoms with van der Waals surface area (Å²) in [7, 11) is 3.23. The predicted octanol–water partition coefficient (Wildman–Crippen LogP) is 5.39. The van der Waals surface area contributed by atoms with Crippen LogP contribution in [0.15, 0.2) is 66.0 Å². The number of H-pyrrole nitrogens is 1. The van der Waals surface area contributed by atoms with E-state index in [1.165, 1.54) is 0 Å². The molecular formula is C25H21N3O3S. The van der Waals surface area contributed by atoms with Crippen molar-refractivity contribution in [2.75, 3.05) is 14.2 Å². The second kappa shape index (κ2) is 8.36. The number of fused-ring (bicyclic) bond motifs is 3. The molecule has 0 aliphatic heterocycles. The number of methoxy groups -OCH3 is 2. The van der Waals surface area contributed by atoms with Crippen LogP contribution in [-0.2, 0) is 6.54 Å². The third-order valence-corrected chi connectivity index (χ3v) is 6.27. The zero-order valence-corrected chi connectivity index (χ0v) is 18.5. The number of aromatic amines is 1. The average Bonchev–Trinajstić information content (AvgIpc) is 3.49. The average molecular weight is 444 g/mol. The highest BCUT2D eigenvalue weighted by Gasteiger charge is 2.20. The number of nitrogens with one attached hydrogen (secondary N) is 2. The van der Waals surface area contributed by atoms with Gasteiger partial charge in [0.1, 0.15) is 17.2 Å². The van der Waals surface area contributed by atoms with Gasteiger partial charge in [0.25, 0.3) is 5.91 Å². The molecule has 3 heterocycles. The van der Waals surface area contributed by atoms with Crippen LogP contribution in [0.25, 0.3) is 33.1 Å². The number of amides is 1. The molecule has 5 rings (SSSR count). The molecule has 0 spiro atoms. The van der Waals surface area contributed by atoms with Crippen LogP contribution >= 0.6 is 11.3 Å². The number of para-hydroxylation sites is 1. The van der Waals surface area contributed by atoms with Gasteiger partial charge in [-0.25, -0.2) is 4.98 Å². The molecule has 2 N–H and O–H groups in total. The van der Waals surface area contributed by atoms with Crippen molar-refractivity contribution in [2.24, 2.45) is 0 Å². The first-order valence-corrected chi connectivity index (χ1v) is 11.0. The van der Waals surface area contributed by atoms with Gasteiger partial charge >= 0.3 is 0 Å². The number of thiophene rings is 1. The van der Waals surface area contributed by atoms with Gasteiger partial charge in [-0.2, -0.15) is 0 Å². The van der Waals surface area contributed by atoms with Gasteiger partial charge in [0.2, 0.25) is 0 Å². The number of carbonyl (C=O) groups excluding carboxylic acids is 1. The van der Waals surface area contributed by atoms with Crippen LogP contribution in [0.2, 0.25) is 0 Å². The molecule has 32 heavy (non-hydrogen) atoms. The Hall–Kier alpha value is -3.84. The Morgan fingerprint density at radius 3 is 2.69 bits per heavy atom. The molecular weight excluding hydrogens is 422 g/mol. The van der Waals surface area contributed by atoms with Crippen molar-refractivity contribution in [3.63, 3.8) is 0 Å². The lowest BCUT2D eigenvalue weighted by atomic mass is 10.0. The minimum Gasteiger partial charge on any atom is -0.497 e. The van der Waals surface area contributed by atoms with Gasteiger partial charge in [-0.1, -0.05) is 24.3 Å². The standard InChI is InChI=1S/C25H21N3O3S/c1-30-15-9-10-22(31-2)19(12-15)24-23-18(17-7-3-4-8-20(17)27-23)13-21(28-24)25(29)26-14-16-6-5-11-32-16/h3-13,27H,14H2,1-2H3,(H,26,29). The van der Waals surface area contributed by atoms with Gasteiger partial charge in [-0.05, 0) is 41.8 Å². The number of benzene rings is 2. The van der Waals surface area contributed by atoms with Crippen molar-refractivity contribution in [1.82, 2.24) is 15.3 Å². The summed E-state index contributed by atoms with van der Waals surface area (Å²) < 4.78 is 11.0. The van der Waals surface area contributed by atoms with E-state index in [1.807, 2.05) is 66.0 Å². The van der Waals surface area contributed by atoms with Gasteiger partial charge < -0.3 is 19.8 Å². The van der Waals surface area contributed by atoms with Crippen molar-refractivity contribution in [1.29, 1.82) is 0 Å². The van der Waals surface area contributed by atoms with Gasteiger partial charge in [0.05, 0.1) is 32.0 Å². The summed E-state index contributed by atoms with van der Waals surface area (Å²) in [5.74, 6) is 1.10. The van der Waals surface area contributed by atoms with Crippen LogP contribution in [0, 0.1) is 0 Å². The molecule has 7 heteroatoms. The van der Waals surface area contributed by atoms with E-state index >= 15 is 0 Å². The Balaban J connectivity index is 1.70. The Bertz CT molecular complexity index is 1420. The molecule has 1 amide bonds. The van der Waals surface area contributed by atoms with Gasteiger partial charge in [0.15, 0.2) is 0 Å². The van der Waals surface area contributed by atoms with E-state index in [4.69, 9.17) is 14.5 Å². The second-order valence-corrected chi connectivity index (χ2v) is 8.31. The molecule has 0 saturated heterocycles. The van der Waals surface area contributed by atoms with E-state index in [2.05, 4.69) is 10.3 Å². The lowest BCUT2D eigenvalue weighted by Crippen LogP contribution is -2.23. The summed E-state index contributed by atoms with van der Waals surface area (Å²) in [5.41, 5.74) is 3.54. The number of hydrogen-bond donors (Lipinski definition) is 2. The quantitative estimate of drug-likeness (QED) is 0.369. The molecule has 0 radical (unpaired) electrons. The van der Waals surface area contributed by atoms with E-state index in [0.29, 0.717) is 29.4 Å². The number of carbonyl (C=O) groups is 1. The number of hydrogen-bond acceptors (Lipinski definition) is 5. The fraction of sp³-hybridized carbons (Fsp3) is 0.120. The minimum atomic E-state index is -0.228. The van der Waals surface area contributed by atoms with Crippen molar-refractivity contribution >= 4 is 39.0 Å². The largest absolute Gasteiger partial charge is 0.497 e. The third kappa shape index (κ3) is 3.56. The van der Waals surface area contributed by atoms with Crippen LogP contribution < -0.4 is 14.8 Å². The molecule has 2 aromatic carbocycles. The molecule has 3 aromatic heterocycles. The van der Waals surface area contributed by atoms with Gasteiger partial charge in [-0.15, -0.1) is 11.3 Å². The first kappa shape index (κ1) is 20.1. The zero-order chi connectivity index (χ0) is 22.1. The molecule has 0 atom stereocenters. The smallest absolute Gasteiger partial charge is 0.270 e. The summed E-state index contributed by atoms with van der Waals surface area (Å²) in [6, 6.07) is 19.4. The van der Waals surface area contributed by atoms with Gasteiger partial charge in [0, 0.05) is 26.7 Å². The Kier molecular flexibility index (Phi) is 5.25. The first-order chi connectivity index (χ1) is 15.7. The Morgan fingerprint density at radius 1 is 1.03 bits per heavy atom. The number of pyridine rings is 1. The SMILES string of the molecule is COc1ccc(OC)c(-c2nc(C(=O)NCc3cccs3)cc3c2[nH]c2ccccc23)c1. The number of ether oxygens (including phenoxy) is 2. The first-order valence-electron chi connectivity index (χ1n) is 10.1. The predicted molar refractivity (Wildman–Crippen MR) is 128 cm³/mol. The summed E-state index contributed by atoms with van der Waals surface area (Å²) in [6.45, 7) is 0.460. The Labute approximate surface area is 188 Å². The third-order valence-electron chi connectivity index (χ3n) is 5.39. The van der Waals surface area contributed by atoms with Crippen LogP contribution in [0.1, 0.15) is 15.4 Å². The lowest BCUT2D eigenvalue weighted by Gasteiger charge is -2.12. The monoisotopic (exact) mass is 443 g/mol. The molecule has 5 aromatic rings. The molecule has 6 nitrogen and oxygen atoms in total. The van der Waals surface area contributed by atoms with Crippen LogP contribution in [0.3, 0.4) is 0 Å². The minimum absolute atomic E-state index is 0.228. The fourth-order valence-electron chi connectivity index (χ4n) is 3.83. The normalized spacial score (nSPS) is 11.1. The molecule has 0 bridgehead atoms. The van der Waals surface area contributed by atoms with Gasteiger partial charge in [-0.3, -0.25) is 4.79 Å². The summed E-state index contributed by atoms with van der Waals surface area (Å²) in [6.07, 6.45) is 0. The maximum absolute atomic E-state index is 13.1. The van der Waals surface area contributed by atoms with Crippen LogP contribution in [-0.4, -0.2) is 30.1 Å². The van der Waals surface area contributed by atoms with E-state index in [0.717, 1.165) is 32.2 Å². The van der Waals surface area contributed by atoms with Crippen LogP contribution in [0.4, 0.5) is 0 Å². The summed E-state index contributed by atoms with van der Waals surface area (Å²) in [4.78, 5) is 22.4. The molecule has 0 aliphatic carbocycles. The fourth-order valence-corrected chi connectivity index (χ4v) is 4.47. The molecule has 0 unspecified atom stereocenters. The van der Waals surface area contributed by atoms with E-state index in [9.17, 15) is 4.79 Å². The maximum Gasteiger partial charge on any atom is 0.270 e. The zero-order valence-electron chi connectivity index (χ0n) is 17.6. The Morgan fingerprint density at radius 2 is 1.91 bits per heavy atom. The summed E-state index contributed by atoms with van der Waals surface area (Å²) in [5, 5.41) is 6.93. The van der Waals surface area contributed by atoms with E-state index in [-0.39, 0.29) is 5.91 Å². The van der Waals surface area contributed by atoms with Crippen LogP contribution in [0.5, 0.6) is 11.5 Å². The number of rotatable bonds is 6. The van der Waals surface area contributed by atoms with Crippen molar-refractivity contribution < 1.29 is 14.3 Å². The molecule has 0 saturated carbocycles. The molecule has 0 fully saturated rings. The summed E-state index contributed by atoms with van der Waals surface area (Å²) >= 11 is 1.60. The molecule has 160 valence electrons. The lowest BCUT2D eigenvalue weighted by molar-refractivity contribution is 0.0946. The highest BCUT2D eigenvalue weighted by molar-refractivity contribution is 7.09. The topological polar surface area (TPSA) is 76.2 Å². The van der Waals surface area contributed by atoms with E-state index < -0.39 is 0 Å². The highest BCUT2D eigenvalue weighted by atomic mass is 32.1. The number of nitrogens with zero attached hydrogens (tertiary/aromatic N) is 1.